The van der Waals surface area contributed by atoms with Crippen LogP contribution in [0, 0.1) is 0 Å². The molecule has 6 heteroatoms. The lowest BCUT2D eigenvalue weighted by atomic mass is 10.0. The minimum atomic E-state index is -0.165. The number of benzene rings is 1. The molecule has 0 aliphatic rings. The van der Waals surface area contributed by atoms with Gasteiger partial charge in [0.25, 0.3) is 5.91 Å². The summed E-state index contributed by atoms with van der Waals surface area (Å²) in [4.78, 5) is 12.4. The normalized spacial score (nSPS) is 10.4. The predicted octanol–water partition coefficient (Wildman–Crippen LogP) is 3.36. The highest BCUT2D eigenvalue weighted by Gasteiger charge is 2.15. The van der Waals surface area contributed by atoms with Gasteiger partial charge >= 0.3 is 0 Å². The molecule has 1 amide bonds. The van der Waals surface area contributed by atoms with Crippen molar-refractivity contribution >= 4 is 5.91 Å². The topological polar surface area (TPSA) is 69.9 Å². The van der Waals surface area contributed by atoms with Crippen molar-refractivity contribution in [1.82, 2.24) is 5.32 Å². The number of hydrogen-bond donors (Lipinski definition) is 1. The lowest BCUT2D eigenvalue weighted by Gasteiger charge is -2.14. The number of ether oxygens (including phenoxy) is 3. The number of amides is 1. The zero-order valence-corrected chi connectivity index (χ0v) is 15.2. The highest BCUT2D eigenvalue weighted by molar-refractivity contribution is 5.95. The summed E-state index contributed by atoms with van der Waals surface area (Å²) in [6.07, 6.45) is 4.67. The van der Waals surface area contributed by atoms with E-state index in [0.717, 1.165) is 11.3 Å². The Morgan fingerprint density at radius 2 is 2.15 bits per heavy atom. The van der Waals surface area contributed by atoms with Crippen LogP contribution in [0.25, 0.3) is 0 Å². The molecule has 6 nitrogen and oxygen atoms in total. The molecule has 0 saturated carbocycles. The van der Waals surface area contributed by atoms with E-state index in [4.69, 9.17) is 18.6 Å². The Balaban J connectivity index is 1.85. The van der Waals surface area contributed by atoms with Gasteiger partial charge in [-0.3, -0.25) is 4.79 Å². The van der Waals surface area contributed by atoms with Crippen molar-refractivity contribution in [2.45, 2.75) is 19.4 Å². The van der Waals surface area contributed by atoms with Crippen molar-refractivity contribution in [1.29, 1.82) is 0 Å². The summed E-state index contributed by atoms with van der Waals surface area (Å²) in [5, 5.41) is 2.89. The maximum Gasteiger partial charge on any atom is 0.251 e. The molecule has 1 aromatic carbocycles. The van der Waals surface area contributed by atoms with Crippen LogP contribution in [0.5, 0.6) is 11.5 Å². The summed E-state index contributed by atoms with van der Waals surface area (Å²) < 4.78 is 21.4. The van der Waals surface area contributed by atoms with Crippen molar-refractivity contribution in [3.05, 3.63) is 60.1 Å². The van der Waals surface area contributed by atoms with Gasteiger partial charge in [0.15, 0.2) is 11.5 Å². The fourth-order valence-electron chi connectivity index (χ4n) is 2.53. The standard InChI is InChI=1S/C20H25NO5/c1-4-7-15-12-16(13-18(23-2)19(15)24-3)20(22)21-9-6-10-25-14-17-8-5-11-26-17/h4-5,8,11-13H,1,6-7,9-10,14H2,2-3H3,(H,21,22). The third kappa shape index (κ3) is 5.39. The fraction of sp³-hybridized carbons (Fsp3) is 0.350. The summed E-state index contributed by atoms with van der Waals surface area (Å²) in [5.74, 6) is 1.77. The molecular formula is C20H25NO5. The molecular weight excluding hydrogens is 334 g/mol. The number of carbonyl (C=O) groups is 1. The van der Waals surface area contributed by atoms with Crippen molar-refractivity contribution in [2.24, 2.45) is 0 Å². The largest absolute Gasteiger partial charge is 0.493 e. The van der Waals surface area contributed by atoms with E-state index in [1.54, 1.807) is 38.7 Å². The molecule has 1 heterocycles. The zero-order valence-electron chi connectivity index (χ0n) is 15.2. The average molecular weight is 359 g/mol. The summed E-state index contributed by atoms with van der Waals surface area (Å²) >= 11 is 0. The first-order valence-corrected chi connectivity index (χ1v) is 8.43. The van der Waals surface area contributed by atoms with Crippen LogP contribution in [0.3, 0.4) is 0 Å². The molecule has 1 aromatic heterocycles. The predicted molar refractivity (Wildman–Crippen MR) is 98.8 cm³/mol. The first kappa shape index (κ1) is 19.6. The monoisotopic (exact) mass is 359 g/mol. The summed E-state index contributed by atoms with van der Waals surface area (Å²) in [6, 6.07) is 7.16. The van der Waals surface area contributed by atoms with Crippen LogP contribution in [-0.2, 0) is 17.8 Å². The molecule has 26 heavy (non-hydrogen) atoms. The van der Waals surface area contributed by atoms with Gasteiger partial charge in [0.2, 0.25) is 0 Å². The quantitative estimate of drug-likeness (QED) is 0.492. The van der Waals surface area contributed by atoms with E-state index in [9.17, 15) is 4.79 Å². The summed E-state index contributed by atoms with van der Waals surface area (Å²) in [7, 11) is 3.13. The van der Waals surface area contributed by atoms with Crippen LogP contribution in [0.4, 0.5) is 0 Å². The van der Waals surface area contributed by atoms with Crippen LogP contribution >= 0.6 is 0 Å². The Labute approximate surface area is 153 Å². The first-order chi connectivity index (χ1) is 12.7. The number of allylic oxidation sites excluding steroid dienone is 1. The molecule has 0 atom stereocenters. The minimum absolute atomic E-state index is 0.165. The number of rotatable bonds is 11. The molecule has 0 bridgehead atoms. The highest BCUT2D eigenvalue weighted by Crippen LogP contribution is 2.33. The van der Waals surface area contributed by atoms with Crippen LogP contribution in [0.2, 0.25) is 0 Å². The van der Waals surface area contributed by atoms with Crippen LogP contribution in [0.1, 0.15) is 28.1 Å². The third-order valence-electron chi connectivity index (χ3n) is 3.76. The number of furan rings is 1. The van der Waals surface area contributed by atoms with Gasteiger partial charge in [0, 0.05) is 24.3 Å². The smallest absolute Gasteiger partial charge is 0.251 e. The van der Waals surface area contributed by atoms with Crippen LogP contribution < -0.4 is 14.8 Å². The second-order valence-electron chi connectivity index (χ2n) is 5.61. The average Bonchev–Trinajstić information content (AvgIpc) is 3.17. The Hall–Kier alpha value is -2.73. The van der Waals surface area contributed by atoms with Gasteiger partial charge in [-0.05, 0) is 37.1 Å². The van der Waals surface area contributed by atoms with Crippen molar-refractivity contribution in [2.75, 3.05) is 27.4 Å². The molecule has 1 N–H and O–H groups in total. The molecule has 0 spiro atoms. The molecule has 0 aliphatic carbocycles. The van der Waals surface area contributed by atoms with E-state index in [2.05, 4.69) is 11.9 Å². The fourth-order valence-corrected chi connectivity index (χ4v) is 2.53. The van der Waals surface area contributed by atoms with Gasteiger partial charge in [-0.2, -0.15) is 0 Å². The highest BCUT2D eigenvalue weighted by atomic mass is 16.5. The SMILES string of the molecule is C=CCc1cc(C(=O)NCCCOCc2ccco2)cc(OC)c1OC. The maximum absolute atomic E-state index is 12.4. The van der Waals surface area contributed by atoms with Gasteiger partial charge in [0.05, 0.1) is 20.5 Å². The Kier molecular flexibility index (Phi) is 7.76. The molecule has 2 rings (SSSR count). The number of methoxy groups -OCH3 is 2. The third-order valence-corrected chi connectivity index (χ3v) is 3.76. The molecule has 0 unspecified atom stereocenters. The van der Waals surface area contributed by atoms with Gasteiger partial charge in [-0.1, -0.05) is 6.08 Å². The first-order valence-electron chi connectivity index (χ1n) is 8.43. The molecule has 0 aliphatic heterocycles. The maximum atomic E-state index is 12.4. The number of nitrogens with one attached hydrogen (secondary N) is 1. The molecule has 2 aromatic rings. The van der Waals surface area contributed by atoms with Gasteiger partial charge in [-0.15, -0.1) is 6.58 Å². The second-order valence-corrected chi connectivity index (χ2v) is 5.61. The van der Waals surface area contributed by atoms with Gasteiger partial charge in [0.1, 0.15) is 12.4 Å². The van der Waals surface area contributed by atoms with Crippen molar-refractivity contribution < 1.29 is 23.4 Å². The Bertz CT molecular complexity index is 709. The van der Waals surface area contributed by atoms with E-state index in [1.165, 1.54) is 0 Å². The van der Waals surface area contributed by atoms with Crippen molar-refractivity contribution in [3.8, 4) is 11.5 Å². The number of hydrogen-bond acceptors (Lipinski definition) is 5. The lowest BCUT2D eigenvalue weighted by Crippen LogP contribution is -2.25. The molecule has 0 radical (unpaired) electrons. The zero-order chi connectivity index (χ0) is 18.8. The summed E-state index contributed by atoms with van der Waals surface area (Å²) in [6.45, 7) is 5.22. The van der Waals surface area contributed by atoms with Crippen LogP contribution in [-0.4, -0.2) is 33.3 Å². The van der Waals surface area contributed by atoms with E-state index in [0.29, 0.717) is 49.7 Å². The number of carbonyl (C=O) groups excluding carboxylic acids is 1. The second kappa shape index (κ2) is 10.3. The molecule has 140 valence electrons. The van der Waals surface area contributed by atoms with E-state index < -0.39 is 0 Å². The molecule has 0 fully saturated rings. The minimum Gasteiger partial charge on any atom is -0.493 e. The van der Waals surface area contributed by atoms with E-state index in [-0.39, 0.29) is 5.91 Å². The Morgan fingerprint density at radius 1 is 1.31 bits per heavy atom. The lowest BCUT2D eigenvalue weighted by molar-refractivity contribution is 0.0916. The van der Waals surface area contributed by atoms with Crippen LogP contribution in [0.15, 0.2) is 47.6 Å². The Morgan fingerprint density at radius 3 is 2.81 bits per heavy atom. The van der Waals surface area contributed by atoms with Gasteiger partial charge in [-0.25, -0.2) is 0 Å². The van der Waals surface area contributed by atoms with Gasteiger partial charge < -0.3 is 23.9 Å². The van der Waals surface area contributed by atoms with E-state index >= 15 is 0 Å². The molecule has 0 saturated heterocycles. The van der Waals surface area contributed by atoms with Crippen molar-refractivity contribution in [3.63, 3.8) is 0 Å². The van der Waals surface area contributed by atoms with E-state index in [1.807, 2.05) is 12.1 Å². The summed E-state index contributed by atoms with van der Waals surface area (Å²) in [5.41, 5.74) is 1.38.